The molecule has 0 spiro atoms. The maximum atomic E-state index is 12.3. The lowest BCUT2D eigenvalue weighted by atomic mass is 9.90. The average Bonchev–Trinajstić information content (AvgIpc) is 2.86. The molecule has 1 aliphatic carbocycles. The summed E-state index contributed by atoms with van der Waals surface area (Å²) >= 11 is 0. The van der Waals surface area contributed by atoms with Crippen molar-refractivity contribution < 1.29 is 9.63 Å². The topological polar surface area (TPSA) is 120 Å². The minimum Gasteiger partial charge on any atom is -0.369 e. The molecule has 0 radical (unpaired) electrons. The van der Waals surface area contributed by atoms with Crippen LogP contribution in [0, 0.1) is 17.4 Å². The molecule has 1 fully saturated rings. The second kappa shape index (κ2) is 16.7. The van der Waals surface area contributed by atoms with Gasteiger partial charge in [0.1, 0.15) is 0 Å². The number of amides is 2. The van der Waals surface area contributed by atoms with E-state index in [4.69, 9.17) is 15.8 Å². The molecule has 9 nitrogen and oxygen atoms in total. The van der Waals surface area contributed by atoms with Gasteiger partial charge >= 0.3 is 6.03 Å². The third kappa shape index (κ3) is 10.4. The van der Waals surface area contributed by atoms with Crippen molar-refractivity contribution in [1.82, 2.24) is 15.4 Å². The third-order valence-electron chi connectivity index (χ3n) is 6.15. The number of nitriles is 1. The molecule has 188 valence electrons. The van der Waals surface area contributed by atoms with Crippen LogP contribution in [0.3, 0.4) is 0 Å². The van der Waals surface area contributed by atoms with Gasteiger partial charge in [0.25, 0.3) is 0 Å². The zero-order valence-corrected chi connectivity index (χ0v) is 20.6. The molecule has 0 aromatic carbocycles. The van der Waals surface area contributed by atoms with Gasteiger partial charge in [-0.15, -0.1) is 4.99 Å². The lowest BCUT2D eigenvalue weighted by Crippen LogP contribution is -2.41. The standard InChI is InChI=1S/C25H41N7O2/c1-2-29-25(33)32(34-20-22-12-8-7-9-13-22)19-11-6-4-3-5-10-18-31(24(27)30-21-26)23-14-16-28-17-15-23/h14-17,22H,2-13,18-20H2,1H3,(H2,27,30)(H,29,33). The molecule has 1 aliphatic rings. The van der Waals surface area contributed by atoms with Crippen molar-refractivity contribution >= 4 is 17.7 Å². The van der Waals surface area contributed by atoms with E-state index in [1.165, 1.54) is 37.2 Å². The first-order valence-corrected chi connectivity index (χ1v) is 12.7. The molecule has 3 N–H and O–H groups in total. The molecular formula is C25H41N7O2. The number of urea groups is 1. The zero-order valence-electron chi connectivity index (χ0n) is 20.6. The number of carbonyl (C=O) groups is 1. The molecule has 1 heterocycles. The number of nitrogens with one attached hydrogen (secondary N) is 1. The highest BCUT2D eigenvalue weighted by Crippen LogP contribution is 2.24. The van der Waals surface area contributed by atoms with Gasteiger partial charge in [-0.25, -0.2) is 9.86 Å². The Bertz CT molecular complexity index is 760. The lowest BCUT2D eigenvalue weighted by molar-refractivity contribution is -0.132. The van der Waals surface area contributed by atoms with Gasteiger partial charge < -0.3 is 16.0 Å². The molecular weight excluding hydrogens is 430 g/mol. The number of pyridine rings is 1. The van der Waals surface area contributed by atoms with E-state index in [1.54, 1.807) is 18.6 Å². The summed E-state index contributed by atoms with van der Waals surface area (Å²) < 4.78 is 0. The van der Waals surface area contributed by atoms with Crippen LogP contribution in [0.25, 0.3) is 0 Å². The number of hydrogen-bond donors (Lipinski definition) is 2. The summed E-state index contributed by atoms with van der Waals surface area (Å²) in [5.74, 6) is 0.775. The van der Waals surface area contributed by atoms with Crippen molar-refractivity contribution in [2.45, 2.75) is 77.6 Å². The molecule has 2 rings (SSSR count). The fourth-order valence-electron chi connectivity index (χ4n) is 4.26. The Labute approximate surface area is 204 Å². The van der Waals surface area contributed by atoms with E-state index in [2.05, 4.69) is 15.3 Å². The zero-order chi connectivity index (χ0) is 24.4. The predicted molar refractivity (Wildman–Crippen MR) is 135 cm³/mol. The van der Waals surface area contributed by atoms with E-state index in [0.717, 1.165) is 44.2 Å². The van der Waals surface area contributed by atoms with Gasteiger partial charge in [0.2, 0.25) is 12.2 Å². The van der Waals surface area contributed by atoms with Gasteiger partial charge in [-0.3, -0.25) is 9.82 Å². The highest BCUT2D eigenvalue weighted by molar-refractivity contribution is 5.95. The van der Waals surface area contributed by atoms with Crippen LogP contribution < -0.4 is 16.0 Å². The molecule has 0 aliphatic heterocycles. The smallest absolute Gasteiger partial charge is 0.341 e. The first kappa shape index (κ1) is 27.4. The molecule has 1 aromatic heterocycles. The van der Waals surface area contributed by atoms with Crippen LogP contribution in [0.4, 0.5) is 10.5 Å². The average molecular weight is 472 g/mol. The van der Waals surface area contributed by atoms with Crippen LogP contribution in [0.5, 0.6) is 0 Å². The van der Waals surface area contributed by atoms with Crippen molar-refractivity contribution in [2.75, 3.05) is 31.1 Å². The number of nitrogens with zero attached hydrogens (tertiary/aromatic N) is 5. The maximum absolute atomic E-state index is 12.3. The summed E-state index contributed by atoms with van der Waals surface area (Å²) in [6, 6.07) is 3.58. The Balaban J connectivity index is 1.65. The summed E-state index contributed by atoms with van der Waals surface area (Å²) in [4.78, 5) is 27.8. The number of rotatable bonds is 14. The van der Waals surface area contributed by atoms with Crippen molar-refractivity contribution in [2.24, 2.45) is 16.6 Å². The second-order valence-corrected chi connectivity index (χ2v) is 8.79. The van der Waals surface area contributed by atoms with E-state index in [9.17, 15) is 4.79 Å². The van der Waals surface area contributed by atoms with Crippen LogP contribution in [0.2, 0.25) is 0 Å². The maximum Gasteiger partial charge on any atom is 0.341 e. The lowest BCUT2D eigenvalue weighted by Gasteiger charge is -2.26. The fourth-order valence-corrected chi connectivity index (χ4v) is 4.26. The molecule has 1 saturated carbocycles. The molecule has 34 heavy (non-hydrogen) atoms. The number of hydroxylamine groups is 2. The van der Waals surface area contributed by atoms with Crippen molar-refractivity contribution in [1.29, 1.82) is 5.26 Å². The number of hydrogen-bond acceptors (Lipinski definition) is 5. The van der Waals surface area contributed by atoms with Gasteiger partial charge in [-0.2, -0.15) is 5.26 Å². The van der Waals surface area contributed by atoms with Crippen molar-refractivity contribution in [3.8, 4) is 6.19 Å². The van der Waals surface area contributed by atoms with Gasteiger partial charge in [0.15, 0.2) is 0 Å². The summed E-state index contributed by atoms with van der Waals surface area (Å²) in [5, 5.41) is 13.2. The van der Waals surface area contributed by atoms with Gasteiger partial charge in [0.05, 0.1) is 13.2 Å². The highest BCUT2D eigenvalue weighted by Gasteiger charge is 2.18. The number of aromatic nitrogens is 1. The Kier molecular flexibility index (Phi) is 13.5. The van der Waals surface area contributed by atoms with Gasteiger partial charge in [-0.1, -0.05) is 44.9 Å². The highest BCUT2D eigenvalue weighted by atomic mass is 16.7. The summed E-state index contributed by atoms with van der Waals surface area (Å²) in [7, 11) is 0. The molecule has 2 amide bonds. The van der Waals surface area contributed by atoms with Gasteiger partial charge in [0, 0.05) is 31.2 Å². The normalized spacial score (nSPS) is 14.4. The molecule has 9 heteroatoms. The van der Waals surface area contributed by atoms with Gasteiger partial charge in [-0.05, 0) is 50.7 Å². The van der Waals surface area contributed by atoms with E-state index in [0.29, 0.717) is 32.2 Å². The Morgan fingerprint density at radius 1 is 1.15 bits per heavy atom. The predicted octanol–water partition coefficient (Wildman–Crippen LogP) is 4.57. The Morgan fingerprint density at radius 2 is 1.79 bits per heavy atom. The van der Waals surface area contributed by atoms with E-state index in [1.807, 2.05) is 24.0 Å². The third-order valence-corrected chi connectivity index (χ3v) is 6.15. The fraction of sp³-hybridized carbons (Fsp3) is 0.680. The van der Waals surface area contributed by atoms with E-state index < -0.39 is 0 Å². The molecule has 0 saturated heterocycles. The number of aliphatic imine (C=N–C) groups is 1. The number of guanidine groups is 1. The van der Waals surface area contributed by atoms with E-state index in [-0.39, 0.29) is 12.0 Å². The van der Waals surface area contributed by atoms with Crippen LogP contribution in [0.1, 0.15) is 77.6 Å². The van der Waals surface area contributed by atoms with Crippen LogP contribution >= 0.6 is 0 Å². The summed E-state index contributed by atoms with van der Waals surface area (Å²) in [5.41, 5.74) is 6.85. The Morgan fingerprint density at radius 3 is 2.44 bits per heavy atom. The first-order chi connectivity index (χ1) is 16.7. The molecule has 0 bridgehead atoms. The summed E-state index contributed by atoms with van der Waals surface area (Å²) in [6.07, 6.45) is 17.6. The number of carbonyl (C=O) groups excluding carboxylic acids is 1. The minimum absolute atomic E-state index is 0.133. The molecule has 0 unspecified atom stereocenters. The quantitative estimate of drug-likeness (QED) is 0.135. The second-order valence-electron chi connectivity index (χ2n) is 8.79. The van der Waals surface area contributed by atoms with Crippen molar-refractivity contribution in [3.05, 3.63) is 24.5 Å². The number of anilines is 1. The SMILES string of the molecule is CCNC(=O)N(CCCCCCCCN(C(N)=NC#N)c1ccncc1)OCC1CCCCC1. The number of unbranched alkanes of at least 4 members (excludes halogenated alkanes) is 5. The van der Waals surface area contributed by atoms with E-state index >= 15 is 0 Å². The molecule has 0 atom stereocenters. The van der Waals surface area contributed by atoms with Crippen molar-refractivity contribution in [3.63, 3.8) is 0 Å². The number of nitrogens with two attached hydrogens (primary N) is 1. The largest absolute Gasteiger partial charge is 0.369 e. The summed E-state index contributed by atoms with van der Waals surface area (Å²) in [6.45, 7) is 4.48. The molecule has 1 aromatic rings. The van der Waals surface area contributed by atoms with Crippen LogP contribution in [-0.4, -0.2) is 48.3 Å². The van der Waals surface area contributed by atoms with Crippen LogP contribution in [0.15, 0.2) is 29.5 Å². The first-order valence-electron chi connectivity index (χ1n) is 12.7. The van der Waals surface area contributed by atoms with Crippen LogP contribution in [-0.2, 0) is 4.84 Å². The minimum atomic E-state index is -0.133. The Hall–Kier alpha value is -2.86. The monoisotopic (exact) mass is 471 g/mol.